The number of nitrogen functional groups attached to an aromatic ring is 1. The zero-order chi connectivity index (χ0) is 35.7. The highest BCUT2D eigenvalue weighted by molar-refractivity contribution is 7.90. The largest absolute Gasteiger partial charge is 0.444 e. The van der Waals surface area contributed by atoms with Crippen LogP contribution >= 0.6 is 0 Å². The third kappa shape index (κ3) is 7.69. The maximum Gasteiger partial charge on any atom is 0.419 e. The van der Waals surface area contributed by atoms with E-state index in [0.29, 0.717) is 28.9 Å². The molecule has 5 heterocycles. The van der Waals surface area contributed by atoms with Crippen molar-refractivity contribution in [2.75, 3.05) is 18.8 Å². The number of aryl methyl sites for hydroxylation is 2. The zero-order valence-electron chi connectivity index (χ0n) is 27.6. The number of hydrogen-bond acceptors (Lipinski definition) is 10. The van der Waals surface area contributed by atoms with Gasteiger partial charge in [0, 0.05) is 36.4 Å². The summed E-state index contributed by atoms with van der Waals surface area (Å²) in [4.78, 5) is 25.0. The number of rotatable bonds is 4. The number of likely N-dealkylation sites (tertiary alicyclic amines) is 1. The van der Waals surface area contributed by atoms with E-state index >= 15 is 0 Å². The molecule has 16 heteroatoms. The average Bonchev–Trinajstić information content (AvgIpc) is 3.60. The maximum atomic E-state index is 13.8. The number of alkyl halides is 3. The van der Waals surface area contributed by atoms with E-state index in [1.165, 1.54) is 36.8 Å². The number of halogens is 3. The van der Waals surface area contributed by atoms with E-state index in [1.54, 1.807) is 30.9 Å². The number of nitrogens with zero attached hydrogens (tertiary/aromatic N) is 6. The maximum absolute atomic E-state index is 13.8. The van der Waals surface area contributed by atoms with Crippen LogP contribution in [0.2, 0.25) is 0 Å². The molecule has 1 fully saturated rings. The number of piperidine rings is 1. The predicted molar refractivity (Wildman–Crippen MR) is 176 cm³/mol. The minimum Gasteiger partial charge on any atom is -0.444 e. The fourth-order valence-corrected chi connectivity index (χ4v) is 6.69. The minimum absolute atomic E-state index is 0.0729. The molecule has 6 rings (SSSR count). The lowest BCUT2D eigenvalue weighted by Gasteiger charge is -2.29. The molecule has 1 saturated heterocycles. The van der Waals surface area contributed by atoms with E-state index in [1.807, 2.05) is 20.8 Å². The van der Waals surface area contributed by atoms with Crippen LogP contribution in [0.5, 0.6) is 0 Å². The van der Waals surface area contributed by atoms with Gasteiger partial charge >= 0.3 is 12.3 Å². The van der Waals surface area contributed by atoms with Gasteiger partial charge in [0.1, 0.15) is 16.9 Å². The monoisotopic (exact) mass is 699 g/mol. The summed E-state index contributed by atoms with van der Waals surface area (Å²) in [5.74, 6) is 0.0524. The van der Waals surface area contributed by atoms with Gasteiger partial charge in [-0.05, 0) is 78.1 Å². The van der Waals surface area contributed by atoms with Crippen molar-refractivity contribution < 1.29 is 35.6 Å². The second kappa shape index (κ2) is 13.5. The molecule has 1 aromatic carbocycles. The highest BCUT2D eigenvalue weighted by Gasteiger charge is 2.37. The first-order valence-corrected chi connectivity index (χ1v) is 16.9. The SMILES string of the molecule is CC(C)(C)OC(=O)N1CCCCC1.Cc1noc(C)c1-c1ccc2c(-c3nc(N)ncc3C(F)(F)F)cn(S(=O)(=O)c3ccccc3)c2n1. The second-order valence-electron chi connectivity index (χ2n) is 12.4. The quantitative estimate of drug-likeness (QED) is 0.207. The van der Waals surface area contributed by atoms with Gasteiger partial charge in [0.05, 0.1) is 27.5 Å². The number of pyridine rings is 1. The van der Waals surface area contributed by atoms with Crippen LogP contribution < -0.4 is 5.73 Å². The molecule has 0 unspecified atom stereocenters. The Kier molecular flexibility index (Phi) is 9.72. The predicted octanol–water partition coefficient (Wildman–Crippen LogP) is 7.01. The normalized spacial score (nSPS) is 14.0. The molecule has 0 atom stereocenters. The summed E-state index contributed by atoms with van der Waals surface area (Å²) >= 11 is 0. The fraction of sp³-hybridized carbons (Fsp3) is 0.364. The lowest BCUT2D eigenvalue weighted by atomic mass is 10.1. The lowest BCUT2D eigenvalue weighted by molar-refractivity contribution is -0.137. The third-order valence-corrected chi connectivity index (χ3v) is 9.25. The smallest absolute Gasteiger partial charge is 0.419 e. The Bertz CT molecular complexity index is 2060. The minimum atomic E-state index is -4.82. The molecule has 1 amide bonds. The number of fused-ring (bicyclic) bond motifs is 1. The van der Waals surface area contributed by atoms with Crippen molar-refractivity contribution in [2.45, 2.75) is 70.6 Å². The first kappa shape index (κ1) is 35.3. The molecule has 49 heavy (non-hydrogen) atoms. The van der Waals surface area contributed by atoms with E-state index in [4.69, 9.17) is 15.0 Å². The Labute approximate surface area is 281 Å². The molecule has 260 valence electrons. The summed E-state index contributed by atoms with van der Waals surface area (Å²) in [5, 5.41) is 4.02. The molecular formula is C33H36F3N7O5S. The summed E-state index contributed by atoms with van der Waals surface area (Å²) in [6.45, 7) is 10.8. The zero-order valence-corrected chi connectivity index (χ0v) is 28.4. The number of anilines is 1. The fourth-order valence-electron chi connectivity index (χ4n) is 5.35. The third-order valence-electron chi connectivity index (χ3n) is 7.59. The van der Waals surface area contributed by atoms with Crippen molar-refractivity contribution in [2.24, 2.45) is 0 Å². The van der Waals surface area contributed by atoms with Crippen LogP contribution in [0.3, 0.4) is 0 Å². The average molecular weight is 700 g/mol. The molecule has 5 aromatic rings. The highest BCUT2D eigenvalue weighted by Crippen LogP contribution is 2.40. The Hall–Kier alpha value is -4.99. The van der Waals surface area contributed by atoms with Crippen molar-refractivity contribution in [1.29, 1.82) is 0 Å². The van der Waals surface area contributed by atoms with Gasteiger partial charge in [-0.25, -0.2) is 32.1 Å². The van der Waals surface area contributed by atoms with Crippen molar-refractivity contribution in [3.8, 4) is 22.5 Å². The molecule has 0 aliphatic carbocycles. The van der Waals surface area contributed by atoms with Gasteiger partial charge in [-0.1, -0.05) is 23.4 Å². The van der Waals surface area contributed by atoms with Crippen molar-refractivity contribution in [3.05, 3.63) is 71.9 Å². The topological polar surface area (TPSA) is 159 Å². The van der Waals surface area contributed by atoms with E-state index in [2.05, 4.69) is 20.1 Å². The Morgan fingerprint density at radius 1 is 0.980 bits per heavy atom. The van der Waals surface area contributed by atoms with Gasteiger partial charge in [-0.15, -0.1) is 0 Å². The molecule has 12 nitrogen and oxygen atoms in total. The number of hydrogen-bond donors (Lipinski definition) is 1. The number of nitrogens with two attached hydrogens (primary N) is 1. The summed E-state index contributed by atoms with van der Waals surface area (Å²) in [5.41, 5.74) is 4.70. The van der Waals surface area contributed by atoms with Gasteiger partial charge in [0.2, 0.25) is 5.95 Å². The summed E-state index contributed by atoms with van der Waals surface area (Å²) in [6.07, 6.45) is 0.108. The summed E-state index contributed by atoms with van der Waals surface area (Å²) in [6, 6.07) is 10.5. The second-order valence-corrected chi connectivity index (χ2v) is 14.3. The molecule has 1 aliphatic rings. The van der Waals surface area contributed by atoms with E-state index < -0.39 is 33.4 Å². The van der Waals surface area contributed by atoms with Crippen molar-refractivity contribution in [1.82, 2.24) is 29.0 Å². The number of carbonyl (C=O) groups excluding carboxylic acids is 1. The molecule has 1 aliphatic heterocycles. The van der Waals surface area contributed by atoms with Crippen LogP contribution in [0.4, 0.5) is 23.9 Å². The number of carbonyl (C=O) groups is 1. The number of benzene rings is 1. The first-order valence-electron chi connectivity index (χ1n) is 15.4. The number of ether oxygens (including phenoxy) is 1. The molecule has 0 spiro atoms. The standard InChI is InChI=1S/C23H17F3N6O3S.C10H19NO2/c1-12-19(13(2)35-31-12)18-9-8-15-16(20-17(23(24,25)26)10-28-22(27)30-20)11-32(21(15)29-18)36(33,34)14-6-4-3-5-7-14;1-10(2,3)13-9(12)11-7-5-4-6-8-11/h3-11H,1-2H3,(H2,27,28,30);4-8H2,1-3H3. The Morgan fingerprint density at radius 2 is 1.65 bits per heavy atom. The van der Waals surface area contributed by atoms with Gasteiger partial charge in [-0.2, -0.15) is 13.2 Å². The van der Waals surface area contributed by atoms with Gasteiger partial charge in [0.25, 0.3) is 10.0 Å². The summed E-state index contributed by atoms with van der Waals surface area (Å²) in [7, 11) is -4.26. The molecule has 4 aromatic heterocycles. The van der Waals surface area contributed by atoms with Crippen LogP contribution in [-0.2, 0) is 20.9 Å². The lowest BCUT2D eigenvalue weighted by Crippen LogP contribution is -2.39. The summed E-state index contributed by atoms with van der Waals surface area (Å²) < 4.78 is 80.0. The van der Waals surface area contributed by atoms with Crippen LogP contribution in [0.1, 0.15) is 57.1 Å². The van der Waals surface area contributed by atoms with Gasteiger partial charge < -0.3 is 19.9 Å². The van der Waals surface area contributed by atoms with Crippen molar-refractivity contribution in [3.63, 3.8) is 0 Å². The Morgan fingerprint density at radius 3 is 2.24 bits per heavy atom. The molecular weight excluding hydrogens is 663 g/mol. The van der Waals surface area contributed by atoms with Crippen LogP contribution in [0, 0.1) is 13.8 Å². The first-order chi connectivity index (χ1) is 23.0. The van der Waals surface area contributed by atoms with Crippen LogP contribution in [-0.4, -0.2) is 62.2 Å². The van der Waals surface area contributed by atoms with Gasteiger partial charge in [0.15, 0.2) is 5.65 Å². The van der Waals surface area contributed by atoms with Gasteiger partial charge in [-0.3, -0.25) is 0 Å². The number of aromatic nitrogens is 5. The van der Waals surface area contributed by atoms with Crippen molar-refractivity contribution >= 4 is 33.1 Å². The molecule has 0 bridgehead atoms. The van der Waals surface area contributed by atoms with Crippen LogP contribution in [0.15, 0.2) is 64.3 Å². The van der Waals surface area contributed by atoms with Crippen LogP contribution in [0.25, 0.3) is 33.5 Å². The molecule has 0 radical (unpaired) electrons. The van der Waals surface area contributed by atoms with E-state index in [0.717, 1.165) is 36.1 Å². The van der Waals surface area contributed by atoms with E-state index in [-0.39, 0.29) is 33.2 Å². The number of amides is 1. The van der Waals surface area contributed by atoms with E-state index in [9.17, 15) is 26.4 Å². The molecule has 0 saturated carbocycles. The highest BCUT2D eigenvalue weighted by atomic mass is 32.2. The molecule has 2 N–H and O–H groups in total. The Balaban J connectivity index is 0.000000304.